The molecule has 1 aliphatic rings. The first kappa shape index (κ1) is 19.7. The van der Waals surface area contributed by atoms with E-state index in [1.807, 2.05) is 35.2 Å². The minimum absolute atomic E-state index is 0.0691. The summed E-state index contributed by atoms with van der Waals surface area (Å²) in [5.41, 5.74) is 4.43. The van der Waals surface area contributed by atoms with E-state index in [-0.39, 0.29) is 11.8 Å². The highest BCUT2D eigenvalue weighted by atomic mass is 16.2. The van der Waals surface area contributed by atoms with Crippen molar-refractivity contribution < 1.29 is 4.79 Å². The van der Waals surface area contributed by atoms with E-state index in [2.05, 4.69) is 71.3 Å². The summed E-state index contributed by atoms with van der Waals surface area (Å²) in [4.78, 5) is 20.2. The number of hydrogen-bond acceptors (Lipinski definition) is 2. The van der Waals surface area contributed by atoms with Crippen LogP contribution in [0.3, 0.4) is 0 Å². The second-order valence-electron chi connectivity index (χ2n) is 8.75. The summed E-state index contributed by atoms with van der Waals surface area (Å²) in [6, 6.07) is 33.3. The fourth-order valence-electron chi connectivity index (χ4n) is 5.08. The number of rotatable bonds is 5. The van der Waals surface area contributed by atoms with Crippen molar-refractivity contribution in [1.29, 1.82) is 0 Å². The fraction of sp³-hybridized carbons (Fsp3) is 0.172. The third-order valence-corrected chi connectivity index (χ3v) is 6.70. The van der Waals surface area contributed by atoms with E-state index in [1.54, 1.807) is 0 Å². The monoisotopic (exact) mass is 431 g/mol. The number of carbonyl (C=O) groups excluding carboxylic acids is 1. The van der Waals surface area contributed by atoms with Gasteiger partial charge >= 0.3 is 0 Å². The minimum atomic E-state index is 0.0691. The van der Waals surface area contributed by atoms with E-state index in [9.17, 15) is 4.79 Å². The molecular weight excluding hydrogens is 406 g/mol. The van der Waals surface area contributed by atoms with Gasteiger partial charge in [0.2, 0.25) is 5.91 Å². The van der Waals surface area contributed by atoms with Gasteiger partial charge in [-0.05, 0) is 35.6 Å². The van der Waals surface area contributed by atoms with Crippen LogP contribution in [0.15, 0.2) is 97.1 Å². The standard InChI is InChI=1S/C29H25N3O/c33-28-19-23(20-32(28)26-16-8-12-22-11-4-5-13-24(22)26)29-30-25-14-6-7-15-27(25)31(29)18-17-21-9-2-1-3-10-21/h1-16,23H,17-20H2. The van der Waals surface area contributed by atoms with Gasteiger partial charge in [-0.2, -0.15) is 0 Å². The average Bonchev–Trinajstić information content (AvgIpc) is 3.43. The van der Waals surface area contributed by atoms with Crippen molar-refractivity contribution in [2.24, 2.45) is 0 Å². The quantitative estimate of drug-likeness (QED) is 0.345. The predicted molar refractivity (Wildman–Crippen MR) is 134 cm³/mol. The number of imidazole rings is 1. The molecule has 2 heterocycles. The number of benzene rings is 4. The normalized spacial score (nSPS) is 16.2. The number of anilines is 1. The summed E-state index contributed by atoms with van der Waals surface area (Å²) < 4.78 is 2.33. The van der Waals surface area contributed by atoms with Gasteiger partial charge in [0, 0.05) is 30.8 Å². The van der Waals surface area contributed by atoms with E-state index >= 15 is 0 Å². The molecule has 1 aliphatic heterocycles. The molecule has 0 aliphatic carbocycles. The van der Waals surface area contributed by atoms with Gasteiger partial charge < -0.3 is 9.47 Å². The molecule has 1 amide bonds. The largest absolute Gasteiger partial charge is 0.327 e. The van der Waals surface area contributed by atoms with Crippen molar-refractivity contribution in [3.05, 3.63) is 108 Å². The Morgan fingerprint density at radius 1 is 0.818 bits per heavy atom. The van der Waals surface area contributed by atoms with Crippen molar-refractivity contribution in [2.75, 3.05) is 11.4 Å². The van der Waals surface area contributed by atoms with Crippen molar-refractivity contribution in [1.82, 2.24) is 9.55 Å². The Morgan fingerprint density at radius 2 is 1.58 bits per heavy atom. The zero-order chi connectivity index (χ0) is 22.2. The lowest BCUT2D eigenvalue weighted by molar-refractivity contribution is -0.117. The summed E-state index contributed by atoms with van der Waals surface area (Å²) in [6.07, 6.45) is 1.42. The van der Waals surface area contributed by atoms with E-state index in [4.69, 9.17) is 4.98 Å². The van der Waals surface area contributed by atoms with E-state index in [0.29, 0.717) is 13.0 Å². The van der Waals surface area contributed by atoms with Crippen LogP contribution in [0.25, 0.3) is 21.8 Å². The summed E-state index contributed by atoms with van der Waals surface area (Å²) in [7, 11) is 0. The highest BCUT2D eigenvalue weighted by Crippen LogP contribution is 2.36. The molecule has 1 unspecified atom stereocenters. The lowest BCUT2D eigenvalue weighted by atomic mass is 10.1. The van der Waals surface area contributed by atoms with Gasteiger partial charge in [0.05, 0.1) is 16.7 Å². The van der Waals surface area contributed by atoms with Crippen LogP contribution in [0, 0.1) is 0 Å². The SMILES string of the molecule is O=C1CC(c2nc3ccccc3n2CCc2ccccc2)CN1c1cccc2ccccc12. The van der Waals surface area contributed by atoms with Crippen LogP contribution in [0.2, 0.25) is 0 Å². The van der Waals surface area contributed by atoms with Crippen LogP contribution < -0.4 is 4.90 Å². The van der Waals surface area contributed by atoms with E-state index in [1.165, 1.54) is 5.56 Å². The molecule has 5 aromatic rings. The molecule has 0 bridgehead atoms. The molecule has 1 atom stereocenters. The molecular formula is C29H25N3O. The van der Waals surface area contributed by atoms with Gasteiger partial charge in [0.1, 0.15) is 5.82 Å². The van der Waals surface area contributed by atoms with Gasteiger partial charge in [0.25, 0.3) is 0 Å². The van der Waals surface area contributed by atoms with Crippen molar-refractivity contribution in [3.63, 3.8) is 0 Å². The molecule has 4 nitrogen and oxygen atoms in total. The highest BCUT2D eigenvalue weighted by molar-refractivity contribution is 6.05. The summed E-state index contributed by atoms with van der Waals surface area (Å²) in [5.74, 6) is 1.25. The molecule has 6 rings (SSSR count). The number of aryl methyl sites for hydroxylation is 2. The molecule has 33 heavy (non-hydrogen) atoms. The maximum absolute atomic E-state index is 13.2. The predicted octanol–water partition coefficient (Wildman–Crippen LogP) is 5.95. The number of hydrogen-bond donors (Lipinski definition) is 0. The minimum Gasteiger partial charge on any atom is -0.327 e. The molecule has 162 valence electrons. The zero-order valence-electron chi connectivity index (χ0n) is 18.4. The van der Waals surface area contributed by atoms with Crippen LogP contribution in [0.4, 0.5) is 5.69 Å². The van der Waals surface area contributed by atoms with Gasteiger partial charge in [-0.25, -0.2) is 4.98 Å². The number of fused-ring (bicyclic) bond motifs is 2. The van der Waals surface area contributed by atoms with Gasteiger partial charge in [0.15, 0.2) is 0 Å². The maximum Gasteiger partial charge on any atom is 0.227 e. The first-order valence-electron chi connectivity index (χ1n) is 11.5. The molecule has 0 N–H and O–H groups in total. The van der Waals surface area contributed by atoms with Crippen LogP contribution in [0.5, 0.6) is 0 Å². The Labute approximate surface area is 193 Å². The highest BCUT2D eigenvalue weighted by Gasteiger charge is 2.35. The molecule has 4 heteroatoms. The van der Waals surface area contributed by atoms with E-state index < -0.39 is 0 Å². The fourth-order valence-corrected chi connectivity index (χ4v) is 5.08. The third-order valence-electron chi connectivity index (χ3n) is 6.70. The molecule has 0 radical (unpaired) electrons. The van der Waals surface area contributed by atoms with Crippen LogP contribution in [-0.4, -0.2) is 22.0 Å². The number of para-hydroxylation sites is 2. The Bertz CT molecular complexity index is 1450. The van der Waals surface area contributed by atoms with Gasteiger partial charge in [-0.15, -0.1) is 0 Å². The summed E-state index contributed by atoms with van der Waals surface area (Å²) >= 11 is 0. The van der Waals surface area contributed by atoms with Crippen molar-refractivity contribution in [3.8, 4) is 0 Å². The maximum atomic E-state index is 13.2. The lowest BCUT2D eigenvalue weighted by Gasteiger charge is -2.19. The average molecular weight is 432 g/mol. The zero-order valence-corrected chi connectivity index (χ0v) is 18.4. The molecule has 1 fully saturated rings. The van der Waals surface area contributed by atoms with Crippen LogP contribution in [-0.2, 0) is 17.8 Å². The molecule has 0 saturated carbocycles. The molecule has 4 aromatic carbocycles. The van der Waals surface area contributed by atoms with Gasteiger partial charge in [-0.1, -0.05) is 78.9 Å². The molecule has 1 saturated heterocycles. The first-order valence-corrected chi connectivity index (χ1v) is 11.5. The topological polar surface area (TPSA) is 38.1 Å². The lowest BCUT2D eigenvalue weighted by Crippen LogP contribution is -2.24. The smallest absolute Gasteiger partial charge is 0.227 e. The second kappa shape index (κ2) is 8.21. The molecule has 0 spiro atoms. The van der Waals surface area contributed by atoms with Crippen LogP contribution >= 0.6 is 0 Å². The van der Waals surface area contributed by atoms with Gasteiger partial charge in [-0.3, -0.25) is 4.79 Å². The van der Waals surface area contributed by atoms with Crippen molar-refractivity contribution >= 4 is 33.4 Å². The van der Waals surface area contributed by atoms with Crippen molar-refractivity contribution in [2.45, 2.75) is 25.3 Å². The summed E-state index contributed by atoms with van der Waals surface area (Å²) in [5, 5.41) is 2.27. The Morgan fingerprint density at radius 3 is 2.48 bits per heavy atom. The Kier molecular flexibility index (Phi) is 4.91. The number of amides is 1. The van der Waals surface area contributed by atoms with Crippen LogP contribution in [0.1, 0.15) is 23.7 Å². The summed E-state index contributed by atoms with van der Waals surface area (Å²) in [6.45, 7) is 1.50. The third kappa shape index (κ3) is 3.58. The number of nitrogens with zero attached hydrogens (tertiary/aromatic N) is 3. The second-order valence-corrected chi connectivity index (χ2v) is 8.75. The number of carbonyl (C=O) groups is 1. The first-order chi connectivity index (χ1) is 16.3. The van der Waals surface area contributed by atoms with E-state index in [0.717, 1.165) is 46.3 Å². The number of aromatic nitrogens is 2. The Hall–Kier alpha value is -3.92. The Balaban J connectivity index is 1.36. The molecule has 1 aromatic heterocycles.